The maximum absolute atomic E-state index is 14.4. The first-order valence-corrected chi connectivity index (χ1v) is 15.9. The van der Waals surface area contributed by atoms with E-state index in [1.54, 1.807) is 6.08 Å². The van der Waals surface area contributed by atoms with E-state index in [1.165, 1.54) is 6.92 Å². The van der Waals surface area contributed by atoms with Gasteiger partial charge in [0.05, 0.1) is 0 Å². The molecule has 0 radical (unpaired) electrons. The number of allylic oxidation sites excluding steroid dienone is 1. The molecule has 0 aliphatic carbocycles. The topological polar surface area (TPSA) is 97.0 Å². The second kappa shape index (κ2) is 14.8. The van der Waals surface area contributed by atoms with Crippen molar-refractivity contribution in [1.29, 1.82) is 0 Å². The second-order valence-electron chi connectivity index (χ2n) is 8.11. The molecule has 0 bridgehead atoms. The summed E-state index contributed by atoms with van der Waals surface area (Å²) in [6, 6.07) is -0.167. The molecule has 0 fully saturated rings. The summed E-state index contributed by atoms with van der Waals surface area (Å²) in [5.74, 6) is 0.567. The Labute approximate surface area is 202 Å². The number of aliphatic imine (C=N–C) groups is 2. The van der Waals surface area contributed by atoms with Crippen LogP contribution >= 0.6 is 20.5 Å². The second-order valence-corrected chi connectivity index (χ2v) is 16.4. The van der Waals surface area contributed by atoms with Crippen molar-refractivity contribution < 1.29 is 42.8 Å². The standard InChI is InChI=1S/C20H35F3I2N5O/c1-14(22)5-6-18(25(26)31)24-17-11-28-19(29-12-17)30-13-20(3,7-8-21)10-16(23)9-15(2)27-4/h6,11,14-17,31H,4-5,7-10,12-13,26H2,1-3H3,(H,29,30)/q-1/p+1/b18-6+/t14?,15?,16?,17-,20-/m0/s1. The summed E-state index contributed by atoms with van der Waals surface area (Å²) >= 11 is -3.22. The van der Waals surface area contributed by atoms with Crippen LogP contribution in [0.2, 0.25) is 0 Å². The number of nitrogens with one attached hydrogen (secondary N) is 2. The van der Waals surface area contributed by atoms with Gasteiger partial charge in [-0.05, 0) is 6.72 Å². The van der Waals surface area contributed by atoms with Crippen LogP contribution < -0.4 is 35.5 Å². The van der Waals surface area contributed by atoms with E-state index in [1.807, 2.05) is 20.1 Å². The first kappa shape index (κ1) is 28.8. The van der Waals surface area contributed by atoms with Crippen LogP contribution in [0.25, 0.3) is 0 Å². The minimum atomic E-state index is -2.63. The van der Waals surface area contributed by atoms with Crippen molar-refractivity contribution in [2.24, 2.45) is 19.3 Å². The summed E-state index contributed by atoms with van der Waals surface area (Å²) in [6.07, 6.45) is 2.56. The van der Waals surface area contributed by atoms with E-state index in [-0.39, 0.29) is 35.6 Å². The van der Waals surface area contributed by atoms with E-state index in [0.29, 0.717) is 19.0 Å². The van der Waals surface area contributed by atoms with Gasteiger partial charge in [0, 0.05) is 0 Å². The quantitative estimate of drug-likeness (QED) is 0.0826. The Bertz CT molecular complexity index is 648. The van der Waals surface area contributed by atoms with Crippen molar-refractivity contribution in [2.45, 2.75) is 68.8 Å². The molecule has 0 saturated heterocycles. The van der Waals surface area contributed by atoms with Crippen LogP contribution in [0.15, 0.2) is 17.6 Å². The molecule has 6 nitrogen and oxygen atoms in total. The molecule has 1 rings (SSSR count). The number of alkyl halides is 4. The van der Waals surface area contributed by atoms with Gasteiger partial charge in [0.25, 0.3) is 0 Å². The van der Waals surface area contributed by atoms with E-state index in [4.69, 9.17) is 3.95 Å². The third-order valence-corrected chi connectivity index (χ3v) is 13.3. The Balaban J connectivity index is 2.61. The maximum atomic E-state index is 14.4. The first-order chi connectivity index (χ1) is 14.6. The Morgan fingerprint density at radius 1 is 1.58 bits per heavy atom. The van der Waals surface area contributed by atoms with E-state index in [0.717, 1.165) is 1.59 Å². The molecule has 5 atom stereocenters. The van der Waals surface area contributed by atoms with Gasteiger partial charge in [-0.3, -0.25) is 0 Å². The molecule has 0 aromatic carbocycles. The minimum absolute atomic E-state index is 0.140. The van der Waals surface area contributed by atoms with Crippen LogP contribution in [0.1, 0.15) is 46.5 Å². The average Bonchev–Trinajstić information content (AvgIpc) is 2.70. The Morgan fingerprint density at radius 3 is 2.81 bits per heavy atom. The summed E-state index contributed by atoms with van der Waals surface area (Å²) in [5, 5.41) is 3.18. The zero-order chi connectivity index (χ0) is 23.4. The number of nitrogens with two attached hydrogens (primary N) is 1. The van der Waals surface area contributed by atoms with Crippen molar-refractivity contribution >= 4 is 39.4 Å². The number of hydrogen-bond donors (Lipinski definition) is 4. The fourth-order valence-electron chi connectivity index (χ4n) is 3.02. The molecule has 5 N–H and O–H groups in total. The van der Waals surface area contributed by atoms with Crippen LogP contribution in [-0.2, 0) is 0 Å². The van der Waals surface area contributed by atoms with E-state index in [9.17, 15) is 16.6 Å². The number of halogens is 5. The van der Waals surface area contributed by atoms with E-state index in [2.05, 4.69) is 27.0 Å². The van der Waals surface area contributed by atoms with E-state index >= 15 is 0 Å². The summed E-state index contributed by atoms with van der Waals surface area (Å²) < 4.78 is 57.3. The van der Waals surface area contributed by atoms with Crippen LogP contribution in [0.4, 0.5) is 13.2 Å². The molecule has 31 heavy (non-hydrogen) atoms. The molecule has 0 saturated carbocycles. The van der Waals surface area contributed by atoms with Crippen LogP contribution in [0.3, 0.4) is 0 Å². The molecule has 182 valence electrons. The van der Waals surface area contributed by atoms with E-state index < -0.39 is 66.1 Å². The van der Waals surface area contributed by atoms with Gasteiger partial charge < -0.3 is 0 Å². The molecule has 11 heteroatoms. The Morgan fingerprint density at radius 2 is 2.29 bits per heavy atom. The fraction of sp³-hybridized carbons (Fsp3) is 0.750. The molecule has 0 aromatic heterocycles. The van der Waals surface area contributed by atoms with Gasteiger partial charge in [-0.2, -0.15) is 0 Å². The molecule has 1 heterocycles. The first-order valence-electron chi connectivity index (χ1n) is 10.2. The van der Waals surface area contributed by atoms with Gasteiger partial charge >= 0.3 is 196 Å². The van der Waals surface area contributed by atoms with Crippen molar-refractivity contribution in [3.05, 3.63) is 7.66 Å². The van der Waals surface area contributed by atoms with Crippen molar-refractivity contribution in [3.8, 4) is 0 Å². The van der Waals surface area contributed by atoms with Crippen molar-refractivity contribution in [3.63, 3.8) is 0 Å². The van der Waals surface area contributed by atoms with Gasteiger partial charge in [0.15, 0.2) is 0 Å². The monoisotopic (exact) mass is 673 g/mol. The molecular formula is C20H36F3I2N5O. The van der Waals surface area contributed by atoms with Gasteiger partial charge in [0.2, 0.25) is 0 Å². The van der Waals surface area contributed by atoms with Crippen molar-refractivity contribution in [2.75, 3.05) is 19.8 Å². The van der Waals surface area contributed by atoms with Crippen LogP contribution in [0.5, 0.6) is 0 Å². The SMILES string of the molecule is C=NC(C)CC(F)C[C@](C)(CCF)CNC1=[NH+]C[C@@H]([I-]/C(=C\CC(C)F)I(N)O)C=N1. The van der Waals surface area contributed by atoms with Crippen LogP contribution in [0, 0.1) is 5.41 Å². The normalized spacial score (nSPS) is 22.3. The predicted octanol–water partition coefficient (Wildman–Crippen LogP) is -0.995. The summed E-state index contributed by atoms with van der Waals surface area (Å²) in [5.41, 5.74) is -0.558. The molecule has 1 aliphatic rings. The number of rotatable bonds is 14. The number of hydrogen-bond acceptors (Lipinski definition) is 5. The van der Waals surface area contributed by atoms with Gasteiger partial charge in [-0.1, -0.05) is 0 Å². The molecule has 3 unspecified atom stereocenters. The summed E-state index contributed by atoms with van der Waals surface area (Å²) in [4.78, 5) is 11.4. The fourth-order valence-corrected chi connectivity index (χ4v) is 9.65. The molecule has 1 aliphatic heterocycles. The average molecular weight is 673 g/mol. The third kappa shape index (κ3) is 11.9. The van der Waals surface area contributed by atoms with Gasteiger partial charge in [-0.15, -0.1) is 0 Å². The van der Waals surface area contributed by atoms with Crippen molar-refractivity contribution in [1.82, 2.24) is 5.32 Å². The zero-order valence-electron chi connectivity index (χ0n) is 18.4. The van der Waals surface area contributed by atoms with Gasteiger partial charge in [-0.25, -0.2) is 0 Å². The molecule has 0 aromatic rings. The Hall–Kier alpha value is -0.280. The Kier molecular flexibility index (Phi) is 13.7. The third-order valence-electron chi connectivity index (χ3n) is 4.86. The van der Waals surface area contributed by atoms with Crippen LogP contribution in [-0.4, -0.2) is 64.4 Å². The van der Waals surface area contributed by atoms with Gasteiger partial charge in [0.1, 0.15) is 0 Å². The number of nitrogens with zero attached hydrogens (tertiary/aromatic N) is 2. The molecule has 0 amide bonds. The number of guanidine groups is 1. The molecule has 0 spiro atoms. The summed E-state index contributed by atoms with van der Waals surface area (Å²) in [6.45, 7) is 9.10. The summed E-state index contributed by atoms with van der Waals surface area (Å²) in [7, 11) is 0. The zero-order valence-corrected chi connectivity index (χ0v) is 22.7. The molecular weight excluding hydrogens is 637 g/mol. The predicted molar refractivity (Wildman–Crippen MR) is 127 cm³/mol.